The van der Waals surface area contributed by atoms with Crippen molar-refractivity contribution in [3.63, 3.8) is 0 Å². The minimum atomic E-state index is 0.196. The lowest BCUT2D eigenvalue weighted by atomic mass is 10.0. The van der Waals surface area contributed by atoms with Gasteiger partial charge < -0.3 is 14.6 Å². The number of furan rings is 1. The van der Waals surface area contributed by atoms with Crippen molar-refractivity contribution in [1.29, 1.82) is 0 Å². The number of benzene rings is 2. The summed E-state index contributed by atoms with van der Waals surface area (Å²) in [7, 11) is 0. The van der Waals surface area contributed by atoms with Gasteiger partial charge in [-0.15, -0.1) is 0 Å². The minimum absolute atomic E-state index is 0.196. The molecule has 2 N–H and O–H groups in total. The molecule has 0 spiro atoms. The first kappa shape index (κ1) is 11.7. The molecule has 0 atom stereocenters. The zero-order chi connectivity index (χ0) is 13.4. The maximum absolute atomic E-state index is 9.52. The molecule has 0 fully saturated rings. The molecule has 3 aromatic rings. The monoisotopic (exact) mass is 254 g/mol. The van der Waals surface area contributed by atoms with Gasteiger partial charge in [0.15, 0.2) is 0 Å². The van der Waals surface area contributed by atoms with Crippen LogP contribution in [0.2, 0.25) is 0 Å². The first-order valence-corrected chi connectivity index (χ1v) is 6.23. The van der Waals surface area contributed by atoms with Crippen LogP contribution in [0.1, 0.15) is 12.5 Å². The van der Waals surface area contributed by atoms with Crippen molar-refractivity contribution >= 4 is 11.0 Å². The number of rotatable bonds is 2. The van der Waals surface area contributed by atoms with Crippen LogP contribution in [0.3, 0.4) is 0 Å². The number of phenols is 2. The van der Waals surface area contributed by atoms with Crippen LogP contribution in [0.25, 0.3) is 22.3 Å². The van der Waals surface area contributed by atoms with Gasteiger partial charge in [-0.25, -0.2) is 0 Å². The van der Waals surface area contributed by atoms with Crippen LogP contribution < -0.4 is 0 Å². The van der Waals surface area contributed by atoms with Gasteiger partial charge in [0.1, 0.15) is 22.8 Å². The van der Waals surface area contributed by atoms with E-state index in [1.54, 1.807) is 24.3 Å². The van der Waals surface area contributed by atoms with Crippen molar-refractivity contribution in [2.45, 2.75) is 13.3 Å². The molecule has 0 bridgehead atoms. The van der Waals surface area contributed by atoms with Gasteiger partial charge in [-0.3, -0.25) is 0 Å². The van der Waals surface area contributed by atoms with E-state index >= 15 is 0 Å². The first-order valence-electron chi connectivity index (χ1n) is 6.23. The molecule has 0 saturated carbocycles. The fraction of sp³-hybridized carbons (Fsp3) is 0.125. The Balaban J connectivity index is 2.25. The second-order valence-electron chi connectivity index (χ2n) is 4.49. The van der Waals surface area contributed by atoms with E-state index in [0.717, 1.165) is 28.7 Å². The van der Waals surface area contributed by atoms with Crippen molar-refractivity contribution in [2.75, 3.05) is 0 Å². The summed E-state index contributed by atoms with van der Waals surface area (Å²) in [4.78, 5) is 0. The van der Waals surface area contributed by atoms with E-state index in [-0.39, 0.29) is 11.5 Å². The minimum Gasteiger partial charge on any atom is -0.508 e. The summed E-state index contributed by atoms with van der Waals surface area (Å²) in [5.74, 6) is 1.22. The Bertz CT molecular complexity index is 724. The van der Waals surface area contributed by atoms with E-state index in [9.17, 15) is 10.2 Å². The zero-order valence-electron chi connectivity index (χ0n) is 10.6. The maximum atomic E-state index is 9.52. The normalized spacial score (nSPS) is 11.0. The molecule has 0 aliphatic rings. The molecule has 3 heteroatoms. The number of aryl methyl sites for hydroxylation is 1. The lowest BCUT2D eigenvalue weighted by molar-refractivity contribution is 0.474. The highest BCUT2D eigenvalue weighted by molar-refractivity contribution is 5.88. The van der Waals surface area contributed by atoms with Crippen LogP contribution in [0, 0.1) is 0 Å². The Kier molecular flexibility index (Phi) is 2.67. The molecule has 3 rings (SSSR count). The van der Waals surface area contributed by atoms with E-state index in [4.69, 9.17) is 4.42 Å². The third-order valence-electron chi connectivity index (χ3n) is 3.26. The molecule has 1 aromatic heterocycles. The van der Waals surface area contributed by atoms with Crippen molar-refractivity contribution in [1.82, 2.24) is 0 Å². The molecule has 0 aliphatic carbocycles. The highest BCUT2D eigenvalue weighted by atomic mass is 16.3. The summed E-state index contributed by atoms with van der Waals surface area (Å²) < 4.78 is 5.86. The molecule has 0 aliphatic heterocycles. The van der Waals surface area contributed by atoms with Gasteiger partial charge >= 0.3 is 0 Å². The zero-order valence-corrected chi connectivity index (χ0v) is 10.6. The van der Waals surface area contributed by atoms with Crippen molar-refractivity contribution in [3.8, 4) is 22.8 Å². The summed E-state index contributed by atoms with van der Waals surface area (Å²) >= 11 is 0. The van der Waals surface area contributed by atoms with E-state index < -0.39 is 0 Å². The van der Waals surface area contributed by atoms with E-state index in [2.05, 4.69) is 6.92 Å². The Hall–Kier alpha value is -2.42. The predicted molar refractivity (Wildman–Crippen MR) is 74.4 cm³/mol. The second-order valence-corrected chi connectivity index (χ2v) is 4.49. The average Bonchev–Trinajstić information content (AvgIpc) is 2.77. The lowest BCUT2D eigenvalue weighted by Gasteiger charge is -2.00. The third kappa shape index (κ3) is 1.93. The molecule has 0 unspecified atom stereocenters. The average molecular weight is 254 g/mol. The standard InChI is InChI=1S/C16H14O3/c1-2-13-14-8-7-12(18)9-15(14)19-16(13)10-3-5-11(17)6-4-10/h3-9,17-18H,2H2,1H3. The van der Waals surface area contributed by atoms with Gasteiger partial charge in [0, 0.05) is 22.6 Å². The van der Waals surface area contributed by atoms with Gasteiger partial charge in [0.25, 0.3) is 0 Å². The first-order chi connectivity index (χ1) is 9.19. The Morgan fingerprint density at radius 1 is 0.947 bits per heavy atom. The smallest absolute Gasteiger partial charge is 0.138 e. The Morgan fingerprint density at radius 2 is 1.63 bits per heavy atom. The molecule has 2 aromatic carbocycles. The largest absolute Gasteiger partial charge is 0.508 e. The number of fused-ring (bicyclic) bond motifs is 1. The quantitative estimate of drug-likeness (QED) is 0.724. The SMILES string of the molecule is CCc1c(-c2ccc(O)cc2)oc2cc(O)ccc12. The molecular weight excluding hydrogens is 240 g/mol. The van der Waals surface area contributed by atoms with Crippen molar-refractivity contribution < 1.29 is 14.6 Å². The summed E-state index contributed by atoms with van der Waals surface area (Å²) in [5.41, 5.74) is 2.71. The Morgan fingerprint density at radius 3 is 2.32 bits per heavy atom. The molecular formula is C16H14O3. The van der Waals surface area contributed by atoms with Crippen LogP contribution >= 0.6 is 0 Å². The van der Waals surface area contributed by atoms with E-state index in [1.807, 2.05) is 18.2 Å². The van der Waals surface area contributed by atoms with E-state index in [0.29, 0.717) is 5.58 Å². The van der Waals surface area contributed by atoms with Crippen molar-refractivity contribution in [3.05, 3.63) is 48.0 Å². The fourth-order valence-electron chi connectivity index (χ4n) is 2.34. The molecule has 0 saturated heterocycles. The van der Waals surface area contributed by atoms with Crippen LogP contribution in [-0.2, 0) is 6.42 Å². The van der Waals surface area contributed by atoms with Gasteiger partial charge in [-0.05, 0) is 42.8 Å². The van der Waals surface area contributed by atoms with Crippen LogP contribution in [-0.4, -0.2) is 10.2 Å². The molecule has 96 valence electrons. The number of hydrogen-bond donors (Lipinski definition) is 2. The topological polar surface area (TPSA) is 53.6 Å². The summed E-state index contributed by atoms with van der Waals surface area (Å²) in [6.07, 6.45) is 0.841. The van der Waals surface area contributed by atoms with Gasteiger partial charge in [0.2, 0.25) is 0 Å². The summed E-state index contributed by atoms with van der Waals surface area (Å²) in [6, 6.07) is 12.1. The lowest BCUT2D eigenvalue weighted by Crippen LogP contribution is -1.82. The number of aromatic hydroxyl groups is 2. The highest BCUT2D eigenvalue weighted by Crippen LogP contribution is 2.35. The summed E-state index contributed by atoms with van der Waals surface area (Å²) in [6.45, 7) is 2.07. The van der Waals surface area contributed by atoms with E-state index in [1.165, 1.54) is 0 Å². The van der Waals surface area contributed by atoms with Crippen molar-refractivity contribution in [2.24, 2.45) is 0 Å². The maximum Gasteiger partial charge on any atom is 0.138 e. The fourth-order valence-corrected chi connectivity index (χ4v) is 2.34. The molecule has 3 nitrogen and oxygen atoms in total. The van der Waals surface area contributed by atoms with Gasteiger partial charge in [0.05, 0.1) is 0 Å². The third-order valence-corrected chi connectivity index (χ3v) is 3.26. The number of hydrogen-bond acceptors (Lipinski definition) is 3. The molecule has 0 amide bonds. The molecule has 19 heavy (non-hydrogen) atoms. The van der Waals surface area contributed by atoms with Crippen LogP contribution in [0.5, 0.6) is 11.5 Å². The van der Waals surface area contributed by atoms with Crippen LogP contribution in [0.15, 0.2) is 46.9 Å². The number of phenolic OH excluding ortho intramolecular Hbond substituents is 2. The second kappa shape index (κ2) is 4.35. The van der Waals surface area contributed by atoms with Gasteiger partial charge in [-0.1, -0.05) is 6.92 Å². The molecule has 0 radical (unpaired) electrons. The Labute approximate surface area is 110 Å². The van der Waals surface area contributed by atoms with Gasteiger partial charge in [-0.2, -0.15) is 0 Å². The predicted octanol–water partition coefficient (Wildman–Crippen LogP) is 4.07. The molecule has 1 heterocycles. The highest BCUT2D eigenvalue weighted by Gasteiger charge is 2.14. The summed E-state index contributed by atoms with van der Waals surface area (Å²) in [5, 5.41) is 19.9. The van der Waals surface area contributed by atoms with Crippen LogP contribution in [0.4, 0.5) is 0 Å².